The van der Waals surface area contributed by atoms with Crippen molar-refractivity contribution < 1.29 is 9.90 Å². The van der Waals surface area contributed by atoms with Crippen LogP contribution in [0.4, 0.5) is 0 Å². The summed E-state index contributed by atoms with van der Waals surface area (Å²) in [7, 11) is 0. The van der Waals surface area contributed by atoms with Gasteiger partial charge in [0.15, 0.2) is 0 Å². The van der Waals surface area contributed by atoms with E-state index in [4.69, 9.17) is 0 Å². The molecular weight excluding hydrogens is 278 g/mol. The number of aliphatic hydroxyl groups is 1. The van der Waals surface area contributed by atoms with Gasteiger partial charge in [-0.3, -0.25) is 9.48 Å². The number of aryl methyl sites for hydroxylation is 1. The Morgan fingerprint density at radius 2 is 2.05 bits per heavy atom. The van der Waals surface area contributed by atoms with Crippen LogP contribution in [0.25, 0.3) is 0 Å². The number of hydrogen-bond donors (Lipinski definition) is 2. The quantitative estimate of drug-likeness (QED) is 0.723. The van der Waals surface area contributed by atoms with Gasteiger partial charge in [0.1, 0.15) is 0 Å². The second-order valence-corrected chi connectivity index (χ2v) is 6.36. The molecule has 0 aliphatic heterocycles. The summed E-state index contributed by atoms with van der Waals surface area (Å²) in [6.45, 7) is 14.5. The van der Waals surface area contributed by atoms with Gasteiger partial charge in [0, 0.05) is 12.1 Å². The van der Waals surface area contributed by atoms with Crippen molar-refractivity contribution in [2.75, 3.05) is 6.61 Å². The SMILES string of the molecule is C=C(C)Cn1nc(C)c(CCC(=O)NC(CO)C(C)C)c1C. The Labute approximate surface area is 133 Å². The summed E-state index contributed by atoms with van der Waals surface area (Å²) in [6.07, 6.45) is 1.07. The molecule has 1 rings (SSSR count). The van der Waals surface area contributed by atoms with E-state index in [0.717, 1.165) is 22.5 Å². The monoisotopic (exact) mass is 307 g/mol. The van der Waals surface area contributed by atoms with Gasteiger partial charge in [-0.2, -0.15) is 5.10 Å². The molecule has 0 aliphatic carbocycles. The van der Waals surface area contributed by atoms with E-state index >= 15 is 0 Å². The third-order valence-corrected chi connectivity index (χ3v) is 3.90. The van der Waals surface area contributed by atoms with Crippen molar-refractivity contribution in [2.24, 2.45) is 5.92 Å². The number of aromatic nitrogens is 2. The Morgan fingerprint density at radius 3 is 2.55 bits per heavy atom. The molecule has 1 amide bonds. The number of aliphatic hydroxyl groups excluding tert-OH is 1. The van der Waals surface area contributed by atoms with Gasteiger partial charge in [0.2, 0.25) is 5.91 Å². The topological polar surface area (TPSA) is 67.2 Å². The van der Waals surface area contributed by atoms with Gasteiger partial charge in [-0.1, -0.05) is 26.0 Å². The zero-order valence-electron chi connectivity index (χ0n) is 14.4. The normalized spacial score (nSPS) is 12.5. The minimum atomic E-state index is -0.180. The van der Waals surface area contributed by atoms with Gasteiger partial charge in [-0.25, -0.2) is 0 Å². The van der Waals surface area contributed by atoms with Crippen molar-refractivity contribution in [1.29, 1.82) is 0 Å². The standard InChI is InChI=1S/C17H29N3O2/c1-11(2)9-20-14(6)15(13(5)19-20)7-8-17(22)18-16(10-21)12(3)4/h12,16,21H,1,7-10H2,2-6H3,(H,18,22). The fourth-order valence-corrected chi connectivity index (χ4v) is 2.45. The van der Waals surface area contributed by atoms with Crippen molar-refractivity contribution in [2.45, 2.75) is 60.0 Å². The van der Waals surface area contributed by atoms with E-state index in [1.807, 2.05) is 39.3 Å². The smallest absolute Gasteiger partial charge is 0.220 e. The zero-order chi connectivity index (χ0) is 16.9. The van der Waals surface area contributed by atoms with Crippen LogP contribution in [0.3, 0.4) is 0 Å². The van der Waals surface area contributed by atoms with Crippen molar-refractivity contribution in [3.8, 4) is 0 Å². The lowest BCUT2D eigenvalue weighted by atomic mass is 10.0. The summed E-state index contributed by atoms with van der Waals surface area (Å²) in [5.74, 6) is 0.190. The number of hydrogen-bond acceptors (Lipinski definition) is 3. The number of carbonyl (C=O) groups excluding carboxylic acids is 1. The highest BCUT2D eigenvalue weighted by atomic mass is 16.3. The van der Waals surface area contributed by atoms with Crippen molar-refractivity contribution in [1.82, 2.24) is 15.1 Å². The van der Waals surface area contributed by atoms with E-state index in [1.165, 1.54) is 0 Å². The van der Waals surface area contributed by atoms with Gasteiger partial charge in [-0.05, 0) is 38.7 Å². The first-order chi connectivity index (χ1) is 10.3. The van der Waals surface area contributed by atoms with Crippen LogP contribution in [0.1, 0.15) is 44.1 Å². The van der Waals surface area contributed by atoms with E-state index in [9.17, 15) is 9.90 Å². The molecule has 22 heavy (non-hydrogen) atoms. The van der Waals surface area contributed by atoms with E-state index in [1.54, 1.807) is 0 Å². The number of nitrogens with zero attached hydrogens (tertiary/aromatic N) is 2. The van der Waals surface area contributed by atoms with Crippen LogP contribution in [0.2, 0.25) is 0 Å². The van der Waals surface area contributed by atoms with Gasteiger partial charge in [0.25, 0.3) is 0 Å². The van der Waals surface area contributed by atoms with Crippen LogP contribution < -0.4 is 5.32 Å². The van der Waals surface area contributed by atoms with Crippen LogP contribution in [-0.4, -0.2) is 33.4 Å². The first kappa shape index (κ1) is 18.4. The third kappa shape index (κ3) is 4.98. The zero-order valence-corrected chi connectivity index (χ0v) is 14.4. The molecular formula is C17H29N3O2. The molecule has 0 aromatic carbocycles. The summed E-state index contributed by atoms with van der Waals surface area (Å²) in [5.41, 5.74) is 4.24. The average Bonchev–Trinajstić information content (AvgIpc) is 2.67. The summed E-state index contributed by atoms with van der Waals surface area (Å²) in [5, 5.41) is 16.7. The van der Waals surface area contributed by atoms with Gasteiger partial charge in [0.05, 0.1) is 24.9 Å². The predicted molar refractivity (Wildman–Crippen MR) is 88.7 cm³/mol. The maximum Gasteiger partial charge on any atom is 0.220 e. The second kappa shape index (κ2) is 8.13. The van der Waals surface area contributed by atoms with Crippen molar-refractivity contribution >= 4 is 5.91 Å². The molecule has 5 heteroatoms. The van der Waals surface area contributed by atoms with Gasteiger partial charge < -0.3 is 10.4 Å². The molecule has 1 atom stereocenters. The average molecular weight is 307 g/mol. The Kier molecular flexibility index (Phi) is 6.81. The van der Waals surface area contributed by atoms with E-state index in [-0.39, 0.29) is 24.5 Å². The fraction of sp³-hybridized carbons (Fsp3) is 0.647. The Hall–Kier alpha value is -1.62. The minimum Gasteiger partial charge on any atom is -0.394 e. The molecule has 1 unspecified atom stereocenters. The molecule has 2 N–H and O–H groups in total. The molecule has 5 nitrogen and oxygen atoms in total. The van der Waals surface area contributed by atoms with Crippen molar-refractivity contribution in [3.63, 3.8) is 0 Å². The maximum atomic E-state index is 12.0. The lowest BCUT2D eigenvalue weighted by Gasteiger charge is -2.19. The Balaban J connectivity index is 2.66. The summed E-state index contributed by atoms with van der Waals surface area (Å²) >= 11 is 0. The molecule has 0 saturated carbocycles. The minimum absolute atomic E-state index is 0.0285. The second-order valence-electron chi connectivity index (χ2n) is 6.36. The number of rotatable bonds is 8. The van der Waals surface area contributed by atoms with Crippen molar-refractivity contribution in [3.05, 3.63) is 29.1 Å². The lowest BCUT2D eigenvalue weighted by molar-refractivity contribution is -0.122. The van der Waals surface area contributed by atoms with Crippen LogP contribution in [0, 0.1) is 19.8 Å². The van der Waals surface area contributed by atoms with Gasteiger partial charge >= 0.3 is 0 Å². The molecule has 124 valence electrons. The van der Waals surface area contributed by atoms with Crippen LogP contribution >= 0.6 is 0 Å². The molecule has 0 spiro atoms. The third-order valence-electron chi connectivity index (χ3n) is 3.90. The molecule has 0 radical (unpaired) electrons. The molecule has 1 heterocycles. The largest absolute Gasteiger partial charge is 0.394 e. The molecule has 0 aliphatic rings. The van der Waals surface area contributed by atoms with Crippen LogP contribution in [0.5, 0.6) is 0 Å². The number of nitrogens with one attached hydrogen (secondary N) is 1. The summed E-state index contributed by atoms with van der Waals surface area (Å²) in [4.78, 5) is 12.0. The summed E-state index contributed by atoms with van der Waals surface area (Å²) in [6, 6.07) is -0.180. The number of allylic oxidation sites excluding steroid dienone is 1. The molecule has 0 fully saturated rings. The lowest BCUT2D eigenvalue weighted by Crippen LogP contribution is -2.41. The number of amides is 1. The van der Waals surface area contributed by atoms with E-state index < -0.39 is 0 Å². The molecule has 0 bridgehead atoms. The highest BCUT2D eigenvalue weighted by Gasteiger charge is 2.17. The Morgan fingerprint density at radius 1 is 1.41 bits per heavy atom. The molecule has 1 aromatic rings. The number of carbonyl (C=O) groups is 1. The first-order valence-corrected chi connectivity index (χ1v) is 7.83. The van der Waals surface area contributed by atoms with Crippen LogP contribution in [0.15, 0.2) is 12.2 Å². The molecule has 1 aromatic heterocycles. The Bertz CT molecular complexity index is 532. The van der Waals surface area contributed by atoms with E-state index in [0.29, 0.717) is 19.4 Å². The van der Waals surface area contributed by atoms with Crippen LogP contribution in [-0.2, 0) is 17.8 Å². The first-order valence-electron chi connectivity index (χ1n) is 7.83. The highest BCUT2D eigenvalue weighted by Crippen LogP contribution is 2.16. The van der Waals surface area contributed by atoms with Gasteiger partial charge in [-0.15, -0.1) is 0 Å². The summed E-state index contributed by atoms with van der Waals surface area (Å²) < 4.78 is 1.94. The molecule has 0 saturated heterocycles. The van der Waals surface area contributed by atoms with E-state index in [2.05, 4.69) is 17.0 Å². The highest BCUT2D eigenvalue weighted by molar-refractivity contribution is 5.76. The predicted octanol–water partition coefficient (Wildman–Crippen LogP) is 2.14. The fourth-order valence-electron chi connectivity index (χ4n) is 2.45. The maximum absolute atomic E-state index is 12.0.